The molecule has 5 aromatic rings. The van der Waals surface area contributed by atoms with Crippen LogP contribution in [0.1, 0.15) is 5.56 Å². The number of pyridine rings is 1. The van der Waals surface area contributed by atoms with Gasteiger partial charge in [0.25, 0.3) is 0 Å². The molecule has 2 heterocycles. The predicted octanol–water partition coefficient (Wildman–Crippen LogP) is 5.90. The first-order valence-electron chi connectivity index (χ1n) is 10.6. The number of nitrogens with zero attached hydrogens (tertiary/aromatic N) is 2. The van der Waals surface area contributed by atoms with Gasteiger partial charge in [0.15, 0.2) is 11.5 Å². The molecule has 0 aliphatic heterocycles. The van der Waals surface area contributed by atoms with Gasteiger partial charge in [-0.15, -0.1) is 0 Å². The first-order valence-corrected chi connectivity index (χ1v) is 10.6. The molecule has 0 radical (unpaired) electrons. The number of para-hydroxylation sites is 1. The number of nitrogens with one attached hydrogen (secondary N) is 1. The van der Waals surface area contributed by atoms with E-state index in [-0.39, 0.29) is 0 Å². The first-order chi connectivity index (χ1) is 16.1. The minimum Gasteiger partial charge on any atom is -0.493 e. The van der Waals surface area contributed by atoms with Gasteiger partial charge in [-0.05, 0) is 55.5 Å². The third-order valence-electron chi connectivity index (χ3n) is 5.46. The van der Waals surface area contributed by atoms with Crippen molar-refractivity contribution in [2.45, 2.75) is 6.92 Å². The van der Waals surface area contributed by atoms with Gasteiger partial charge in [-0.25, -0.2) is 4.98 Å². The Morgan fingerprint density at radius 3 is 2.55 bits per heavy atom. The van der Waals surface area contributed by atoms with E-state index in [2.05, 4.69) is 21.6 Å². The number of anilines is 1. The summed E-state index contributed by atoms with van der Waals surface area (Å²) in [6.45, 7) is 2.05. The number of rotatable bonds is 5. The molecular weight excluding hydrogens is 414 g/mol. The van der Waals surface area contributed by atoms with E-state index in [1.165, 1.54) is 0 Å². The number of methoxy groups -OCH3 is 2. The van der Waals surface area contributed by atoms with E-state index in [1.54, 1.807) is 14.2 Å². The van der Waals surface area contributed by atoms with Gasteiger partial charge in [0.05, 0.1) is 25.1 Å². The van der Waals surface area contributed by atoms with Crippen LogP contribution in [-0.2, 0) is 0 Å². The lowest BCUT2D eigenvalue weighted by atomic mass is 10.1. The van der Waals surface area contributed by atoms with Gasteiger partial charge in [0.1, 0.15) is 17.2 Å². The number of benzene rings is 3. The molecule has 0 atom stereocenters. The summed E-state index contributed by atoms with van der Waals surface area (Å²) < 4.78 is 17.0. The molecule has 0 spiro atoms. The smallest absolute Gasteiger partial charge is 0.161 e. The van der Waals surface area contributed by atoms with Crippen molar-refractivity contribution in [2.75, 3.05) is 19.6 Å². The van der Waals surface area contributed by atoms with Crippen LogP contribution in [0.4, 0.5) is 5.82 Å². The third-order valence-corrected chi connectivity index (χ3v) is 5.46. The number of ether oxygens (including phenoxy) is 2. The lowest BCUT2D eigenvalue weighted by Crippen LogP contribution is -2.08. The standard InChI is InChI=1S/C27H23N3O3/c1-17-8-11-23-20(14-17)22(29-30-27-13-10-18-6-4-5-7-21(18)28-27)16-25(33-23)19-9-12-24(31-2)26(15-19)32-3/h4-16H,1-3H3,(H,28,30)/b29-22+. The van der Waals surface area contributed by atoms with Crippen molar-refractivity contribution < 1.29 is 13.9 Å². The van der Waals surface area contributed by atoms with Crippen LogP contribution in [-0.4, -0.2) is 19.2 Å². The minimum absolute atomic E-state index is 0.631. The molecule has 5 rings (SSSR count). The van der Waals surface area contributed by atoms with Crippen molar-refractivity contribution in [1.29, 1.82) is 0 Å². The molecule has 0 saturated carbocycles. The van der Waals surface area contributed by atoms with E-state index in [1.807, 2.05) is 79.7 Å². The van der Waals surface area contributed by atoms with Crippen molar-refractivity contribution in [3.05, 3.63) is 89.8 Å². The van der Waals surface area contributed by atoms with Gasteiger partial charge in [-0.1, -0.05) is 29.8 Å². The Labute approximate surface area is 191 Å². The Kier molecular flexibility index (Phi) is 5.40. The SMILES string of the molecule is COc1ccc(-c2c/c(=N\Nc3ccc4ccccc4n3)c3cc(C)ccc3o2)cc1OC. The van der Waals surface area contributed by atoms with Crippen molar-refractivity contribution in [1.82, 2.24) is 4.98 Å². The second kappa shape index (κ2) is 8.67. The Morgan fingerprint density at radius 2 is 1.70 bits per heavy atom. The summed E-state index contributed by atoms with van der Waals surface area (Å²) in [7, 11) is 3.23. The molecule has 0 aliphatic carbocycles. The topological polar surface area (TPSA) is 68.9 Å². The van der Waals surface area contributed by atoms with Crippen LogP contribution < -0.4 is 20.3 Å². The molecule has 33 heavy (non-hydrogen) atoms. The van der Waals surface area contributed by atoms with Crippen LogP contribution >= 0.6 is 0 Å². The Balaban J connectivity index is 1.63. The Hall–Kier alpha value is -4.32. The number of hydrogen-bond acceptors (Lipinski definition) is 6. The van der Waals surface area contributed by atoms with E-state index in [4.69, 9.17) is 13.9 Å². The van der Waals surface area contributed by atoms with Gasteiger partial charge in [0.2, 0.25) is 0 Å². The second-order valence-corrected chi connectivity index (χ2v) is 7.68. The molecule has 0 aliphatic rings. The van der Waals surface area contributed by atoms with Crippen molar-refractivity contribution >= 4 is 27.7 Å². The first kappa shape index (κ1) is 20.6. The van der Waals surface area contributed by atoms with E-state index < -0.39 is 0 Å². The maximum atomic E-state index is 6.23. The molecule has 0 amide bonds. The van der Waals surface area contributed by atoms with Crippen molar-refractivity contribution in [2.24, 2.45) is 5.10 Å². The van der Waals surface area contributed by atoms with E-state index in [0.29, 0.717) is 23.1 Å². The molecule has 3 aromatic carbocycles. The summed E-state index contributed by atoms with van der Waals surface area (Å²) in [5, 5.41) is 7.43. The molecule has 0 saturated heterocycles. The number of aryl methyl sites for hydroxylation is 1. The van der Waals surface area contributed by atoms with E-state index in [0.717, 1.165) is 38.4 Å². The molecule has 0 fully saturated rings. The fraction of sp³-hybridized carbons (Fsp3) is 0.111. The summed E-state index contributed by atoms with van der Waals surface area (Å²) in [4.78, 5) is 4.65. The zero-order chi connectivity index (χ0) is 22.8. The summed E-state index contributed by atoms with van der Waals surface area (Å²) in [6, 6.07) is 25.6. The summed E-state index contributed by atoms with van der Waals surface area (Å²) in [5.74, 6) is 2.63. The van der Waals surface area contributed by atoms with Crippen LogP contribution in [0.2, 0.25) is 0 Å². The minimum atomic E-state index is 0.631. The lowest BCUT2D eigenvalue weighted by molar-refractivity contribution is 0.355. The molecule has 6 heteroatoms. The summed E-state index contributed by atoms with van der Waals surface area (Å²) in [5.41, 5.74) is 6.74. The fourth-order valence-corrected chi connectivity index (χ4v) is 3.75. The van der Waals surface area contributed by atoms with Crippen LogP contribution in [0.25, 0.3) is 33.2 Å². The highest BCUT2D eigenvalue weighted by atomic mass is 16.5. The fourth-order valence-electron chi connectivity index (χ4n) is 3.75. The third kappa shape index (κ3) is 4.11. The van der Waals surface area contributed by atoms with Crippen LogP contribution in [0.3, 0.4) is 0 Å². The molecule has 2 aromatic heterocycles. The Bertz CT molecular complexity index is 1540. The molecule has 1 N–H and O–H groups in total. The molecule has 6 nitrogen and oxygen atoms in total. The highest BCUT2D eigenvalue weighted by Gasteiger charge is 2.11. The molecule has 0 bridgehead atoms. The van der Waals surface area contributed by atoms with Crippen molar-refractivity contribution in [3.63, 3.8) is 0 Å². The van der Waals surface area contributed by atoms with Crippen LogP contribution in [0.5, 0.6) is 11.5 Å². The average molecular weight is 437 g/mol. The van der Waals surface area contributed by atoms with Crippen molar-refractivity contribution in [3.8, 4) is 22.8 Å². The maximum Gasteiger partial charge on any atom is 0.161 e. The Morgan fingerprint density at radius 1 is 0.848 bits per heavy atom. The molecule has 0 unspecified atom stereocenters. The van der Waals surface area contributed by atoms with Gasteiger partial charge in [-0.3, -0.25) is 5.43 Å². The average Bonchev–Trinajstić information content (AvgIpc) is 2.86. The number of fused-ring (bicyclic) bond motifs is 2. The van der Waals surface area contributed by atoms with Gasteiger partial charge < -0.3 is 13.9 Å². The van der Waals surface area contributed by atoms with E-state index in [9.17, 15) is 0 Å². The quantitative estimate of drug-likeness (QED) is 0.347. The van der Waals surface area contributed by atoms with Crippen LogP contribution in [0, 0.1) is 6.92 Å². The van der Waals surface area contributed by atoms with Gasteiger partial charge >= 0.3 is 0 Å². The largest absolute Gasteiger partial charge is 0.493 e. The highest BCUT2D eigenvalue weighted by Crippen LogP contribution is 2.32. The normalized spacial score (nSPS) is 11.7. The lowest BCUT2D eigenvalue weighted by Gasteiger charge is -2.10. The van der Waals surface area contributed by atoms with Gasteiger partial charge in [-0.2, -0.15) is 5.10 Å². The van der Waals surface area contributed by atoms with Crippen LogP contribution in [0.15, 0.2) is 88.4 Å². The summed E-state index contributed by atoms with van der Waals surface area (Å²) in [6.07, 6.45) is 0. The zero-order valence-electron chi connectivity index (χ0n) is 18.6. The number of hydrogen-bond donors (Lipinski definition) is 1. The summed E-state index contributed by atoms with van der Waals surface area (Å²) >= 11 is 0. The predicted molar refractivity (Wildman–Crippen MR) is 130 cm³/mol. The highest BCUT2D eigenvalue weighted by molar-refractivity contribution is 5.81. The zero-order valence-corrected chi connectivity index (χ0v) is 18.6. The van der Waals surface area contributed by atoms with Gasteiger partial charge in [0, 0.05) is 22.4 Å². The second-order valence-electron chi connectivity index (χ2n) is 7.68. The molecule has 164 valence electrons. The van der Waals surface area contributed by atoms with E-state index >= 15 is 0 Å². The monoisotopic (exact) mass is 437 g/mol. The maximum absolute atomic E-state index is 6.23. The number of aromatic nitrogens is 1. The molecular formula is C27H23N3O3.